The lowest BCUT2D eigenvalue weighted by Crippen LogP contribution is -2.14. The average Bonchev–Trinajstić information content (AvgIpc) is 3.79. The number of para-hydroxylation sites is 1. The lowest BCUT2D eigenvalue weighted by atomic mass is 9.81. The molecule has 10 aromatic carbocycles. The van der Waals surface area contributed by atoms with Gasteiger partial charge in [-0.15, -0.1) is 0 Å². The van der Waals surface area contributed by atoms with Crippen molar-refractivity contribution in [2.75, 3.05) is 4.90 Å². The molecule has 2 nitrogen and oxygen atoms in total. The lowest BCUT2D eigenvalue weighted by molar-refractivity contribution is 0.660. The molecule has 0 radical (unpaired) electrons. The number of rotatable bonds is 7. The summed E-state index contributed by atoms with van der Waals surface area (Å²) in [6.07, 6.45) is 0. The van der Waals surface area contributed by atoms with Crippen LogP contribution in [0.15, 0.2) is 224 Å². The summed E-state index contributed by atoms with van der Waals surface area (Å²) in [7, 11) is 0. The standard InChI is InChI=1S/C62H46N2/c1-41-21-33-60-56(35-41)57-39-48(28-34-61(57)64(60)50-16-8-5-9-17-50)45-22-23-47-38-53(31-26-46(47)36-45)63(52-18-12-15-44(37-52)42-13-6-4-7-14-42)51-29-24-43(25-30-51)49-27-32-55-54-19-10-11-20-58(54)62(2,3)59(55)40-49/h4-40H,1-3H3. The zero-order valence-corrected chi connectivity index (χ0v) is 36.3. The van der Waals surface area contributed by atoms with Gasteiger partial charge in [-0.1, -0.05) is 159 Å². The van der Waals surface area contributed by atoms with Gasteiger partial charge in [-0.2, -0.15) is 0 Å². The number of aryl methyl sites for hydroxylation is 1. The second-order valence-corrected chi connectivity index (χ2v) is 17.9. The number of benzene rings is 10. The predicted molar refractivity (Wildman–Crippen MR) is 272 cm³/mol. The highest BCUT2D eigenvalue weighted by Gasteiger charge is 2.35. The maximum absolute atomic E-state index is 2.41. The quantitative estimate of drug-likeness (QED) is 0.156. The number of fused-ring (bicyclic) bond motifs is 7. The fourth-order valence-corrected chi connectivity index (χ4v) is 10.3. The predicted octanol–water partition coefficient (Wildman–Crippen LogP) is 17.0. The van der Waals surface area contributed by atoms with Crippen molar-refractivity contribution in [2.45, 2.75) is 26.2 Å². The Morgan fingerprint density at radius 1 is 0.359 bits per heavy atom. The summed E-state index contributed by atoms with van der Waals surface area (Å²) in [5.41, 5.74) is 20.9. The molecule has 0 fully saturated rings. The van der Waals surface area contributed by atoms with E-state index in [1.54, 1.807) is 0 Å². The molecule has 0 saturated heterocycles. The second-order valence-electron chi connectivity index (χ2n) is 17.9. The van der Waals surface area contributed by atoms with Crippen LogP contribution in [0.3, 0.4) is 0 Å². The van der Waals surface area contributed by atoms with Crippen molar-refractivity contribution in [1.82, 2.24) is 4.57 Å². The monoisotopic (exact) mass is 818 g/mol. The van der Waals surface area contributed by atoms with Gasteiger partial charge in [0.05, 0.1) is 11.0 Å². The van der Waals surface area contributed by atoms with Crippen LogP contribution >= 0.6 is 0 Å². The first-order valence-electron chi connectivity index (χ1n) is 22.3. The van der Waals surface area contributed by atoms with E-state index in [1.165, 1.54) is 99.5 Å². The Balaban J connectivity index is 0.926. The summed E-state index contributed by atoms with van der Waals surface area (Å²) in [5.74, 6) is 0. The van der Waals surface area contributed by atoms with E-state index in [0.717, 1.165) is 17.1 Å². The molecule has 11 aromatic rings. The van der Waals surface area contributed by atoms with Crippen molar-refractivity contribution >= 4 is 49.6 Å². The number of aromatic nitrogens is 1. The van der Waals surface area contributed by atoms with Gasteiger partial charge in [0.2, 0.25) is 0 Å². The molecule has 304 valence electrons. The van der Waals surface area contributed by atoms with Crippen molar-refractivity contribution in [3.63, 3.8) is 0 Å². The minimum absolute atomic E-state index is 0.0453. The molecule has 2 heteroatoms. The minimum atomic E-state index is -0.0453. The summed E-state index contributed by atoms with van der Waals surface area (Å²) in [4.78, 5) is 2.39. The van der Waals surface area contributed by atoms with Crippen LogP contribution in [0.25, 0.3) is 82.8 Å². The summed E-state index contributed by atoms with van der Waals surface area (Å²) in [6, 6.07) is 82.8. The molecule has 0 aliphatic heterocycles. The van der Waals surface area contributed by atoms with E-state index in [0.29, 0.717) is 0 Å². The van der Waals surface area contributed by atoms with Crippen molar-refractivity contribution in [3.8, 4) is 50.2 Å². The van der Waals surface area contributed by atoms with Gasteiger partial charge in [-0.3, -0.25) is 0 Å². The molecule has 0 saturated carbocycles. The third kappa shape index (κ3) is 6.25. The molecular formula is C62H46N2. The van der Waals surface area contributed by atoms with Crippen LogP contribution in [-0.2, 0) is 5.41 Å². The Kier molecular flexibility index (Phi) is 8.77. The van der Waals surface area contributed by atoms with Crippen LogP contribution in [0.4, 0.5) is 17.1 Å². The molecule has 0 amide bonds. The summed E-state index contributed by atoms with van der Waals surface area (Å²) in [6.45, 7) is 6.88. The first-order valence-corrected chi connectivity index (χ1v) is 22.3. The average molecular weight is 819 g/mol. The van der Waals surface area contributed by atoms with E-state index in [2.05, 4.69) is 255 Å². The molecule has 0 N–H and O–H groups in total. The summed E-state index contributed by atoms with van der Waals surface area (Å²) < 4.78 is 2.39. The van der Waals surface area contributed by atoms with Gasteiger partial charge < -0.3 is 9.47 Å². The van der Waals surface area contributed by atoms with Gasteiger partial charge in [0.1, 0.15) is 0 Å². The topological polar surface area (TPSA) is 8.17 Å². The first kappa shape index (κ1) is 37.8. The van der Waals surface area contributed by atoms with Crippen molar-refractivity contribution in [1.29, 1.82) is 0 Å². The molecule has 64 heavy (non-hydrogen) atoms. The van der Waals surface area contributed by atoms with E-state index in [4.69, 9.17) is 0 Å². The maximum atomic E-state index is 2.41. The van der Waals surface area contributed by atoms with E-state index in [1.807, 2.05) is 0 Å². The Morgan fingerprint density at radius 3 is 1.73 bits per heavy atom. The highest BCUT2D eigenvalue weighted by Crippen LogP contribution is 2.50. The highest BCUT2D eigenvalue weighted by molar-refractivity contribution is 6.11. The van der Waals surface area contributed by atoms with E-state index < -0.39 is 0 Å². The zero-order chi connectivity index (χ0) is 42.9. The van der Waals surface area contributed by atoms with Crippen molar-refractivity contribution in [2.24, 2.45) is 0 Å². The molecule has 1 heterocycles. The van der Waals surface area contributed by atoms with Gasteiger partial charge in [-0.25, -0.2) is 0 Å². The van der Waals surface area contributed by atoms with Crippen molar-refractivity contribution < 1.29 is 0 Å². The Hall–Kier alpha value is -7.94. The second kappa shape index (κ2) is 14.9. The Bertz CT molecular complexity index is 3580. The van der Waals surface area contributed by atoms with E-state index in [9.17, 15) is 0 Å². The number of anilines is 3. The Morgan fingerprint density at radius 2 is 0.906 bits per heavy atom. The largest absolute Gasteiger partial charge is 0.310 e. The Labute approximate surface area is 375 Å². The third-order valence-electron chi connectivity index (χ3n) is 13.6. The third-order valence-corrected chi connectivity index (χ3v) is 13.6. The molecule has 0 spiro atoms. The smallest absolute Gasteiger partial charge is 0.0541 e. The number of hydrogen-bond donors (Lipinski definition) is 0. The lowest BCUT2D eigenvalue weighted by Gasteiger charge is -2.27. The maximum Gasteiger partial charge on any atom is 0.0541 e. The molecule has 12 rings (SSSR count). The van der Waals surface area contributed by atoms with Gasteiger partial charge in [-0.05, 0) is 158 Å². The number of hydrogen-bond acceptors (Lipinski definition) is 1. The molecule has 0 bridgehead atoms. The highest BCUT2D eigenvalue weighted by atomic mass is 15.1. The first-order chi connectivity index (χ1) is 31.4. The molecule has 1 aliphatic rings. The molecule has 1 aliphatic carbocycles. The van der Waals surface area contributed by atoms with Crippen LogP contribution in [-0.4, -0.2) is 4.57 Å². The van der Waals surface area contributed by atoms with Crippen LogP contribution in [0.5, 0.6) is 0 Å². The van der Waals surface area contributed by atoms with Crippen LogP contribution in [0, 0.1) is 6.92 Å². The van der Waals surface area contributed by atoms with Gasteiger partial charge in [0.15, 0.2) is 0 Å². The van der Waals surface area contributed by atoms with E-state index >= 15 is 0 Å². The summed E-state index contributed by atoms with van der Waals surface area (Å²) >= 11 is 0. The normalized spacial score (nSPS) is 12.7. The summed E-state index contributed by atoms with van der Waals surface area (Å²) in [5, 5.41) is 4.94. The van der Waals surface area contributed by atoms with Crippen LogP contribution in [0.1, 0.15) is 30.5 Å². The van der Waals surface area contributed by atoms with E-state index in [-0.39, 0.29) is 5.41 Å². The van der Waals surface area contributed by atoms with Crippen LogP contribution < -0.4 is 4.90 Å². The molecule has 1 aromatic heterocycles. The fourth-order valence-electron chi connectivity index (χ4n) is 10.3. The van der Waals surface area contributed by atoms with Crippen LogP contribution in [0.2, 0.25) is 0 Å². The minimum Gasteiger partial charge on any atom is -0.310 e. The molecule has 0 unspecified atom stereocenters. The fraction of sp³-hybridized carbons (Fsp3) is 0.0645. The zero-order valence-electron chi connectivity index (χ0n) is 36.3. The van der Waals surface area contributed by atoms with Gasteiger partial charge in [0, 0.05) is 38.9 Å². The van der Waals surface area contributed by atoms with Crippen molar-refractivity contribution in [3.05, 3.63) is 241 Å². The number of nitrogens with zero attached hydrogens (tertiary/aromatic N) is 2. The SMILES string of the molecule is Cc1ccc2c(c1)c1cc(-c3ccc4cc(N(c5ccc(-c6ccc7c(c6)C(C)(C)c6ccccc6-7)cc5)c5cccc(-c6ccccc6)c5)ccc4c3)ccc1n2-c1ccccc1. The molecule has 0 atom stereocenters. The van der Waals surface area contributed by atoms with Gasteiger partial charge in [0.25, 0.3) is 0 Å². The van der Waals surface area contributed by atoms with Gasteiger partial charge >= 0.3 is 0 Å². The molecular weight excluding hydrogens is 773 g/mol.